The number of carbonyl (C=O) groups excluding carboxylic acids is 1. The number of benzene rings is 1. The van der Waals surface area contributed by atoms with Gasteiger partial charge in [-0.3, -0.25) is 4.79 Å². The molecule has 0 aliphatic carbocycles. The summed E-state index contributed by atoms with van der Waals surface area (Å²) in [5.74, 6) is -0.292. The number of anilines is 1. The minimum atomic E-state index is -0.200. The van der Waals surface area contributed by atoms with Gasteiger partial charge in [-0.15, -0.1) is 0 Å². The van der Waals surface area contributed by atoms with Crippen LogP contribution in [0.3, 0.4) is 0 Å². The van der Waals surface area contributed by atoms with Crippen LogP contribution in [0.25, 0.3) is 0 Å². The highest BCUT2D eigenvalue weighted by molar-refractivity contribution is 5.90. The zero-order chi connectivity index (χ0) is 9.97. The second kappa shape index (κ2) is 3.49. The highest BCUT2D eigenvalue weighted by Gasteiger charge is 2.23. The summed E-state index contributed by atoms with van der Waals surface area (Å²) in [6, 6.07) is 7.41. The number of nitrogens with zero attached hydrogens (tertiary/aromatic N) is 1. The van der Waals surface area contributed by atoms with E-state index in [2.05, 4.69) is 10.5 Å². The molecule has 0 spiro atoms. The largest absolute Gasteiger partial charge is 0.398 e. The van der Waals surface area contributed by atoms with Gasteiger partial charge in [0.15, 0.2) is 0 Å². The quantitative estimate of drug-likeness (QED) is 0.643. The number of hydrogen-bond donors (Lipinski definition) is 2. The van der Waals surface area contributed by atoms with Gasteiger partial charge in [-0.2, -0.15) is 5.10 Å². The molecule has 0 saturated heterocycles. The van der Waals surface area contributed by atoms with E-state index in [0.717, 1.165) is 5.56 Å². The maximum atomic E-state index is 11.5. The van der Waals surface area contributed by atoms with Gasteiger partial charge in [-0.25, -0.2) is 5.43 Å². The fourth-order valence-electron chi connectivity index (χ4n) is 1.55. The van der Waals surface area contributed by atoms with Crippen LogP contribution in [0.15, 0.2) is 29.4 Å². The first-order chi connectivity index (χ1) is 6.79. The zero-order valence-electron chi connectivity index (χ0n) is 7.60. The number of nitrogen functional groups attached to an aromatic ring is 1. The smallest absolute Gasteiger partial charge is 0.248 e. The number of carbonyl (C=O) groups is 1. The highest BCUT2D eigenvalue weighted by Crippen LogP contribution is 2.25. The molecule has 1 aliphatic heterocycles. The van der Waals surface area contributed by atoms with Crippen molar-refractivity contribution in [2.45, 2.75) is 12.3 Å². The molecule has 1 aliphatic rings. The van der Waals surface area contributed by atoms with Gasteiger partial charge in [0.1, 0.15) is 0 Å². The molecule has 1 aromatic rings. The SMILES string of the molecule is Nc1ccccc1C1CC=NNC1=O. The fraction of sp³-hybridized carbons (Fsp3) is 0.200. The van der Waals surface area contributed by atoms with Crippen molar-refractivity contribution in [2.75, 3.05) is 5.73 Å². The molecule has 0 bridgehead atoms. The number of rotatable bonds is 1. The van der Waals surface area contributed by atoms with Gasteiger partial charge in [0.2, 0.25) is 5.91 Å². The molecule has 4 heteroatoms. The van der Waals surface area contributed by atoms with Crippen molar-refractivity contribution in [1.29, 1.82) is 0 Å². The summed E-state index contributed by atoms with van der Waals surface area (Å²) in [6.45, 7) is 0. The number of nitrogens with one attached hydrogen (secondary N) is 1. The van der Waals surface area contributed by atoms with Gasteiger partial charge in [-0.05, 0) is 11.6 Å². The molecule has 0 radical (unpaired) electrons. The molecular formula is C10H11N3O. The molecule has 14 heavy (non-hydrogen) atoms. The molecule has 72 valence electrons. The summed E-state index contributed by atoms with van der Waals surface area (Å²) >= 11 is 0. The summed E-state index contributed by atoms with van der Waals surface area (Å²) in [5.41, 5.74) is 9.75. The van der Waals surface area contributed by atoms with Crippen LogP contribution in [0.2, 0.25) is 0 Å². The first kappa shape index (κ1) is 8.74. The monoisotopic (exact) mass is 189 g/mol. The van der Waals surface area contributed by atoms with Gasteiger partial charge in [0.05, 0.1) is 5.92 Å². The number of hydrogen-bond acceptors (Lipinski definition) is 3. The summed E-state index contributed by atoms with van der Waals surface area (Å²) in [6.07, 6.45) is 2.30. The molecule has 1 atom stereocenters. The molecule has 0 saturated carbocycles. The standard InChI is InChI=1S/C10H11N3O/c11-9-4-2-1-3-7(9)8-5-6-12-13-10(8)14/h1-4,6,8H,5,11H2,(H,13,14). The maximum absolute atomic E-state index is 11.5. The summed E-state index contributed by atoms with van der Waals surface area (Å²) in [4.78, 5) is 11.5. The lowest BCUT2D eigenvalue weighted by molar-refractivity contribution is -0.122. The Bertz CT molecular complexity index is 387. The van der Waals surface area contributed by atoms with Crippen molar-refractivity contribution >= 4 is 17.8 Å². The van der Waals surface area contributed by atoms with Gasteiger partial charge < -0.3 is 5.73 Å². The molecule has 1 amide bonds. The maximum Gasteiger partial charge on any atom is 0.248 e. The number of nitrogens with two attached hydrogens (primary N) is 1. The topological polar surface area (TPSA) is 67.5 Å². The van der Waals surface area contributed by atoms with E-state index >= 15 is 0 Å². The van der Waals surface area contributed by atoms with Crippen LogP contribution in [-0.4, -0.2) is 12.1 Å². The third kappa shape index (κ3) is 1.46. The van der Waals surface area contributed by atoms with E-state index < -0.39 is 0 Å². The zero-order valence-corrected chi connectivity index (χ0v) is 7.60. The molecule has 2 rings (SSSR count). The summed E-state index contributed by atoms with van der Waals surface area (Å²) < 4.78 is 0. The van der Waals surface area contributed by atoms with Gasteiger partial charge in [0.25, 0.3) is 0 Å². The van der Waals surface area contributed by atoms with Gasteiger partial charge >= 0.3 is 0 Å². The van der Waals surface area contributed by atoms with Crippen LogP contribution in [0.4, 0.5) is 5.69 Å². The molecule has 0 fully saturated rings. The van der Waals surface area contributed by atoms with Crippen LogP contribution in [0.5, 0.6) is 0 Å². The third-order valence-electron chi connectivity index (χ3n) is 2.30. The number of amides is 1. The van der Waals surface area contributed by atoms with E-state index in [0.29, 0.717) is 12.1 Å². The van der Waals surface area contributed by atoms with E-state index in [1.165, 1.54) is 0 Å². The number of para-hydroxylation sites is 1. The highest BCUT2D eigenvalue weighted by atomic mass is 16.2. The Labute approximate surface area is 81.8 Å². The third-order valence-corrected chi connectivity index (χ3v) is 2.30. The Hall–Kier alpha value is -1.84. The van der Waals surface area contributed by atoms with Crippen LogP contribution < -0.4 is 11.2 Å². The van der Waals surface area contributed by atoms with E-state index in [4.69, 9.17) is 5.73 Å². The van der Waals surface area contributed by atoms with Crippen molar-refractivity contribution in [3.8, 4) is 0 Å². The van der Waals surface area contributed by atoms with Crippen molar-refractivity contribution in [3.05, 3.63) is 29.8 Å². The lowest BCUT2D eigenvalue weighted by atomic mass is 9.93. The Morgan fingerprint density at radius 3 is 2.93 bits per heavy atom. The predicted octanol–water partition coefficient (Wildman–Crippen LogP) is 0.858. The Kier molecular flexibility index (Phi) is 2.18. The van der Waals surface area contributed by atoms with Crippen LogP contribution in [-0.2, 0) is 4.79 Å². The van der Waals surface area contributed by atoms with E-state index in [9.17, 15) is 4.79 Å². The minimum absolute atomic E-state index is 0.0922. The summed E-state index contributed by atoms with van der Waals surface area (Å²) in [5, 5.41) is 3.70. The molecular weight excluding hydrogens is 178 g/mol. The van der Waals surface area contributed by atoms with Crippen LogP contribution in [0, 0.1) is 0 Å². The molecule has 4 nitrogen and oxygen atoms in total. The van der Waals surface area contributed by atoms with Crippen molar-refractivity contribution in [3.63, 3.8) is 0 Å². The van der Waals surface area contributed by atoms with Gasteiger partial charge in [-0.1, -0.05) is 18.2 Å². The first-order valence-electron chi connectivity index (χ1n) is 4.45. The molecule has 0 aromatic heterocycles. The molecule has 3 N–H and O–H groups in total. The van der Waals surface area contributed by atoms with Crippen molar-refractivity contribution in [1.82, 2.24) is 5.43 Å². The van der Waals surface area contributed by atoms with E-state index in [-0.39, 0.29) is 11.8 Å². The van der Waals surface area contributed by atoms with Crippen molar-refractivity contribution in [2.24, 2.45) is 5.10 Å². The molecule has 1 heterocycles. The lowest BCUT2D eigenvalue weighted by Gasteiger charge is -2.18. The lowest BCUT2D eigenvalue weighted by Crippen LogP contribution is -2.29. The fourth-order valence-corrected chi connectivity index (χ4v) is 1.55. The van der Waals surface area contributed by atoms with E-state index in [1.54, 1.807) is 12.3 Å². The first-order valence-corrected chi connectivity index (χ1v) is 4.45. The van der Waals surface area contributed by atoms with Crippen molar-refractivity contribution < 1.29 is 4.79 Å². The number of hydrazone groups is 1. The molecule has 1 unspecified atom stereocenters. The minimum Gasteiger partial charge on any atom is -0.398 e. The van der Waals surface area contributed by atoms with Gasteiger partial charge in [0, 0.05) is 18.3 Å². The second-order valence-electron chi connectivity index (χ2n) is 3.20. The van der Waals surface area contributed by atoms with Crippen LogP contribution in [0.1, 0.15) is 17.9 Å². The van der Waals surface area contributed by atoms with E-state index in [1.807, 2.05) is 18.2 Å². The Morgan fingerprint density at radius 2 is 2.21 bits per heavy atom. The Morgan fingerprint density at radius 1 is 1.43 bits per heavy atom. The van der Waals surface area contributed by atoms with Crippen LogP contribution >= 0.6 is 0 Å². The normalized spacial score (nSPS) is 20.6. The summed E-state index contributed by atoms with van der Waals surface area (Å²) in [7, 11) is 0. The Balaban J connectivity index is 2.35. The average molecular weight is 189 g/mol. The average Bonchev–Trinajstić information content (AvgIpc) is 2.20. The molecule has 1 aromatic carbocycles. The second-order valence-corrected chi connectivity index (χ2v) is 3.20. The predicted molar refractivity (Wildman–Crippen MR) is 54.8 cm³/mol.